The summed E-state index contributed by atoms with van der Waals surface area (Å²) >= 11 is 0. The molecule has 16 heavy (non-hydrogen) atoms. The standard InChI is InChI=1S/C10H16N4O2/c1-3-13-10(11-6-8-4-5-8)9(14(15)16)7(2)12-13/h8,11H,3-6H2,1-2H3. The highest BCUT2D eigenvalue weighted by Gasteiger charge is 2.27. The van der Waals surface area contributed by atoms with Gasteiger partial charge < -0.3 is 5.32 Å². The molecule has 0 spiro atoms. The fourth-order valence-corrected chi connectivity index (χ4v) is 1.76. The summed E-state index contributed by atoms with van der Waals surface area (Å²) in [5.41, 5.74) is 0.590. The molecule has 0 aromatic carbocycles. The maximum absolute atomic E-state index is 10.9. The van der Waals surface area contributed by atoms with Crippen molar-refractivity contribution in [1.29, 1.82) is 0 Å². The molecule has 1 aromatic heterocycles. The van der Waals surface area contributed by atoms with Gasteiger partial charge in [-0.1, -0.05) is 0 Å². The summed E-state index contributed by atoms with van der Waals surface area (Å²) in [4.78, 5) is 10.6. The third-order valence-corrected chi connectivity index (χ3v) is 2.83. The highest BCUT2D eigenvalue weighted by molar-refractivity contribution is 5.59. The van der Waals surface area contributed by atoms with E-state index >= 15 is 0 Å². The second-order valence-corrected chi connectivity index (χ2v) is 4.18. The Bertz CT molecular complexity index is 409. The molecule has 6 nitrogen and oxygen atoms in total. The zero-order valence-corrected chi connectivity index (χ0v) is 9.56. The first-order valence-electron chi connectivity index (χ1n) is 5.59. The molecule has 1 heterocycles. The van der Waals surface area contributed by atoms with Crippen LogP contribution in [0.25, 0.3) is 0 Å². The Hall–Kier alpha value is -1.59. The van der Waals surface area contributed by atoms with Gasteiger partial charge in [0.1, 0.15) is 5.69 Å². The normalized spacial score (nSPS) is 15.1. The summed E-state index contributed by atoms with van der Waals surface area (Å²) in [6, 6.07) is 0. The lowest BCUT2D eigenvalue weighted by molar-refractivity contribution is -0.384. The van der Waals surface area contributed by atoms with Gasteiger partial charge in [-0.2, -0.15) is 5.10 Å². The quantitative estimate of drug-likeness (QED) is 0.612. The molecular weight excluding hydrogens is 208 g/mol. The van der Waals surface area contributed by atoms with E-state index in [-0.39, 0.29) is 10.6 Å². The molecule has 1 aromatic rings. The highest BCUT2D eigenvalue weighted by atomic mass is 16.6. The van der Waals surface area contributed by atoms with Crippen molar-refractivity contribution in [2.24, 2.45) is 5.92 Å². The average Bonchev–Trinajstić information content (AvgIpc) is 2.99. The van der Waals surface area contributed by atoms with Crippen LogP contribution in [-0.2, 0) is 6.54 Å². The lowest BCUT2D eigenvalue weighted by Crippen LogP contribution is -2.10. The number of anilines is 1. The molecule has 6 heteroatoms. The van der Waals surface area contributed by atoms with Gasteiger partial charge in [0.05, 0.1) is 4.92 Å². The second-order valence-electron chi connectivity index (χ2n) is 4.18. The van der Waals surface area contributed by atoms with Crippen molar-refractivity contribution in [3.8, 4) is 0 Å². The molecule has 88 valence electrons. The second kappa shape index (κ2) is 4.11. The van der Waals surface area contributed by atoms with Crippen molar-refractivity contribution in [3.63, 3.8) is 0 Å². The van der Waals surface area contributed by atoms with E-state index < -0.39 is 0 Å². The predicted molar refractivity (Wildman–Crippen MR) is 60.5 cm³/mol. The Kier molecular flexibility index (Phi) is 2.80. The zero-order valence-electron chi connectivity index (χ0n) is 9.56. The van der Waals surface area contributed by atoms with Crippen LogP contribution in [-0.4, -0.2) is 21.2 Å². The minimum Gasteiger partial charge on any atom is -0.364 e. The molecule has 1 saturated carbocycles. The number of hydrogen-bond donors (Lipinski definition) is 1. The first-order valence-corrected chi connectivity index (χ1v) is 5.59. The van der Waals surface area contributed by atoms with E-state index in [1.54, 1.807) is 11.6 Å². The Morgan fingerprint density at radius 1 is 1.62 bits per heavy atom. The van der Waals surface area contributed by atoms with Crippen molar-refractivity contribution >= 4 is 11.5 Å². The lowest BCUT2D eigenvalue weighted by atomic mass is 10.3. The molecule has 1 aliphatic carbocycles. The van der Waals surface area contributed by atoms with Crippen LogP contribution in [0.1, 0.15) is 25.5 Å². The molecule has 1 aliphatic rings. The highest BCUT2D eigenvalue weighted by Crippen LogP contribution is 2.32. The summed E-state index contributed by atoms with van der Waals surface area (Å²) in [7, 11) is 0. The van der Waals surface area contributed by atoms with E-state index in [0.717, 1.165) is 6.54 Å². The fraction of sp³-hybridized carbons (Fsp3) is 0.700. The third-order valence-electron chi connectivity index (χ3n) is 2.83. The molecule has 2 rings (SSSR count). The van der Waals surface area contributed by atoms with Gasteiger partial charge in [0.15, 0.2) is 0 Å². The van der Waals surface area contributed by atoms with Gasteiger partial charge in [-0.15, -0.1) is 0 Å². The van der Waals surface area contributed by atoms with E-state index in [9.17, 15) is 10.1 Å². The SMILES string of the molecule is CCn1nc(C)c([N+](=O)[O-])c1NCC1CC1. The molecule has 0 unspecified atom stereocenters. The Labute approximate surface area is 93.8 Å². The number of nitrogens with one attached hydrogen (secondary N) is 1. The van der Waals surface area contributed by atoms with Crippen LogP contribution in [0, 0.1) is 23.0 Å². The van der Waals surface area contributed by atoms with Crippen LogP contribution in [0.2, 0.25) is 0 Å². The van der Waals surface area contributed by atoms with E-state index in [0.29, 0.717) is 24.0 Å². The maximum Gasteiger partial charge on any atom is 0.333 e. The van der Waals surface area contributed by atoms with Crippen molar-refractivity contribution in [2.75, 3.05) is 11.9 Å². The first-order chi connectivity index (χ1) is 7.63. The average molecular weight is 224 g/mol. The molecule has 0 amide bonds. The van der Waals surface area contributed by atoms with Gasteiger partial charge in [0.2, 0.25) is 5.82 Å². The van der Waals surface area contributed by atoms with Crippen LogP contribution in [0.3, 0.4) is 0 Å². The van der Waals surface area contributed by atoms with Crippen molar-refractivity contribution < 1.29 is 4.92 Å². The molecule has 0 bridgehead atoms. The van der Waals surface area contributed by atoms with E-state index in [2.05, 4.69) is 10.4 Å². The molecule has 0 radical (unpaired) electrons. The predicted octanol–water partition coefficient (Wildman–Crippen LogP) is 1.94. The van der Waals surface area contributed by atoms with Crippen molar-refractivity contribution in [3.05, 3.63) is 15.8 Å². The molecule has 0 aliphatic heterocycles. The number of nitrogens with zero attached hydrogens (tertiary/aromatic N) is 3. The molecule has 0 saturated heterocycles. The van der Waals surface area contributed by atoms with Crippen molar-refractivity contribution in [1.82, 2.24) is 9.78 Å². The van der Waals surface area contributed by atoms with Crippen LogP contribution < -0.4 is 5.32 Å². The van der Waals surface area contributed by atoms with E-state index in [4.69, 9.17) is 0 Å². The largest absolute Gasteiger partial charge is 0.364 e. The number of aromatic nitrogens is 2. The third kappa shape index (κ3) is 2.00. The zero-order chi connectivity index (χ0) is 11.7. The Morgan fingerprint density at radius 3 is 2.81 bits per heavy atom. The Morgan fingerprint density at radius 2 is 2.31 bits per heavy atom. The number of nitro groups is 1. The van der Waals surface area contributed by atoms with E-state index in [1.807, 2.05) is 6.92 Å². The minimum atomic E-state index is -0.357. The van der Waals surface area contributed by atoms with Crippen LogP contribution >= 0.6 is 0 Å². The summed E-state index contributed by atoms with van der Waals surface area (Å²) in [5, 5.41) is 18.3. The van der Waals surface area contributed by atoms with Gasteiger partial charge in [0, 0.05) is 13.1 Å². The Balaban J connectivity index is 2.25. The summed E-state index contributed by atoms with van der Waals surface area (Å²) in [6.07, 6.45) is 2.44. The smallest absolute Gasteiger partial charge is 0.333 e. The topological polar surface area (TPSA) is 73.0 Å². The first kappa shape index (κ1) is 10.9. The minimum absolute atomic E-state index is 0.113. The van der Waals surface area contributed by atoms with Crippen LogP contribution in [0.15, 0.2) is 0 Å². The van der Waals surface area contributed by atoms with Gasteiger partial charge >= 0.3 is 5.69 Å². The van der Waals surface area contributed by atoms with Crippen LogP contribution in [0.4, 0.5) is 11.5 Å². The molecular formula is C10H16N4O2. The molecule has 0 atom stereocenters. The van der Waals surface area contributed by atoms with Gasteiger partial charge in [-0.3, -0.25) is 10.1 Å². The van der Waals surface area contributed by atoms with E-state index in [1.165, 1.54) is 12.8 Å². The monoisotopic (exact) mass is 224 g/mol. The summed E-state index contributed by atoms with van der Waals surface area (Å²) < 4.78 is 1.66. The molecule has 1 N–H and O–H groups in total. The number of rotatable bonds is 5. The maximum atomic E-state index is 10.9. The van der Waals surface area contributed by atoms with Crippen LogP contribution in [0.5, 0.6) is 0 Å². The van der Waals surface area contributed by atoms with Gasteiger partial charge in [0.25, 0.3) is 0 Å². The van der Waals surface area contributed by atoms with Gasteiger partial charge in [-0.05, 0) is 32.6 Å². The summed E-state index contributed by atoms with van der Waals surface area (Å²) in [6.45, 7) is 5.05. The van der Waals surface area contributed by atoms with Crippen molar-refractivity contribution in [2.45, 2.75) is 33.2 Å². The number of aryl methyl sites for hydroxylation is 2. The van der Waals surface area contributed by atoms with Gasteiger partial charge in [-0.25, -0.2) is 4.68 Å². The lowest BCUT2D eigenvalue weighted by Gasteiger charge is -2.06. The number of hydrogen-bond acceptors (Lipinski definition) is 4. The fourth-order valence-electron chi connectivity index (χ4n) is 1.76. The molecule has 1 fully saturated rings. The summed E-state index contributed by atoms with van der Waals surface area (Å²) in [5.74, 6) is 1.23.